The molecule has 0 atom stereocenters. The van der Waals surface area contributed by atoms with Gasteiger partial charge in [-0.15, -0.1) is 0 Å². The molecule has 1 aliphatic heterocycles. The fourth-order valence-electron chi connectivity index (χ4n) is 2.52. The van der Waals surface area contributed by atoms with E-state index in [0.29, 0.717) is 13.2 Å². The van der Waals surface area contributed by atoms with Crippen molar-refractivity contribution in [1.82, 2.24) is 0 Å². The Morgan fingerprint density at radius 2 is 2.11 bits per heavy atom. The monoisotopic (exact) mass is 253 g/mol. The number of rotatable bonds is 4. The van der Waals surface area contributed by atoms with Crippen LogP contribution in [0.5, 0.6) is 0 Å². The zero-order chi connectivity index (χ0) is 13.0. The molecule has 1 spiro atoms. The highest BCUT2D eigenvalue weighted by Crippen LogP contribution is 2.36. The summed E-state index contributed by atoms with van der Waals surface area (Å²) < 4.78 is 11.5. The summed E-state index contributed by atoms with van der Waals surface area (Å²) >= 11 is 0. The van der Waals surface area contributed by atoms with E-state index in [2.05, 4.69) is 25.4 Å². The quantitative estimate of drug-likeness (QED) is 0.745. The minimum Gasteiger partial charge on any atom is -0.347 e. The summed E-state index contributed by atoms with van der Waals surface area (Å²) in [6.45, 7) is 6.94. The molecule has 1 saturated carbocycles. The van der Waals surface area contributed by atoms with Crippen LogP contribution < -0.4 is 5.32 Å². The van der Waals surface area contributed by atoms with Crippen LogP contribution in [0, 0.1) is 11.3 Å². The van der Waals surface area contributed by atoms with Crippen LogP contribution in [0.2, 0.25) is 0 Å². The molecule has 0 amide bonds. The molecule has 0 aromatic rings. The van der Waals surface area contributed by atoms with Gasteiger partial charge in [-0.05, 0) is 18.8 Å². The first-order chi connectivity index (χ1) is 8.61. The Hall–Kier alpha value is -0.710. The molecular weight excluding hydrogens is 228 g/mol. The molecule has 2 aliphatic rings. The van der Waals surface area contributed by atoms with Crippen molar-refractivity contribution in [3.63, 3.8) is 0 Å². The van der Waals surface area contributed by atoms with E-state index in [1.54, 1.807) is 0 Å². The molecule has 1 saturated heterocycles. The molecule has 4 heteroatoms. The van der Waals surface area contributed by atoms with Gasteiger partial charge in [-0.1, -0.05) is 13.8 Å². The highest BCUT2D eigenvalue weighted by Gasteiger charge is 2.41. The van der Waals surface area contributed by atoms with Crippen molar-refractivity contribution in [2.75, 3.05) is 19.8 Å². The maximum absolute atomic E-state index is 8.01. The number of ether oxygens (including phenoxy) is 2. The van der Waals surface area contributed by atoms with E-state index in [9.17, 15) is 0 Å². The lowest BCUT2D eigenvalue weighted by molar-refractivity contribution is -0.589. The molecule has 3 N–H and O–H groups in total. The zero-order valence-corrected chi connectivity index (χ0v) is 11.5. The van der Waals surface area contributed by atoms with Gasteiger partial charge in [0, 0.05) is 24.1 Å². The zero-order valence-electron chi connectivity index (χ0n) is 11.5. The van der Waals surface area contributed by atoms with Crippen LogP contribution in [0.4, 0.5) is 0 Å². The van der Waals surface area contributed by atoms with Crippen molar-refractivity contribution in [2.45, 2.75) is 45.3 Å². The molecule has 0 aromatic heterocycles. The first kappa shape index (κ1) is 13.7. The Morgan fingerprint density at radius 3 is 2.78 bits per heavy atom. The highest BCUT2D eigenvalue weighted by molar-refractivity contribution is 5.98. The first-order valence-electron chi connectivity index (χ1n) is 6.99. The predicted molar refractivity (Wildman–Crippen MR) is 70.5 cm³/mol. The Balaban J connectivity index is 1.89. The minimum atomic E-state index is -0.414. The topological polar surface area (TPSA) is 58.9 Å². The second-order valence-corrected chi connectivity index (χ2v) is 5.66. The molecule has 2 rings (SSSR count). The van der Waals surface area contributed by atoms with Gasteiger partial charge in [0.15, 0.2) is 5.79 Å². The van der Waals surface area contributed by atoms with Crippen LogP contribution >= 0.6 is 0 Å². The molecule has 0 radical (unpaired) electrons. The van der Waals surface area contributed by atoms with E-state index >= 15 is 0 Å². The molecule has 0 unspecified atom stereocenters. The van der Waals surface area contributed by atoms with E-state index in [1.807, 2.05) is 0 Å². The summed E-state index contributed by atoms with van der Waals surface area (Å²) in [6, 6.07) is 0. The maximum Gasteiger partial charge on any atom is 0.173 e. The van der Waals surface area contributed by atoms with Gasteiger partial charge in [-0.2, -0.15) is 0 Å². The van der Waals surface area contributed by atoms with Crippen molar-refractivity contribution < 1.29 is 14.8 Å². The van der Waals surface area contributed by atoms with E-state index in [4.69, 9.17) is 14.9 Å². The average molecular weight is 253 g/mol. The molecule has 0 bridgehead atoms. The second-order valence-electron chi connectivity index (χ2n) is 5.66. The molecule has 102 valence electrons. The van der Waals surface area contributed by atoms with Gasteiger partial charge in [0.05, 0.1) is 26.0 Å². The van der Waals surface area contributed by atoms with Gasteiger partial charge in [-0.3, -0.25) is 0 Å². The van der Waals surface area contributed by atoms with Crippen LogP contribution in [0.15, 0.2) is 11.8 Å². The molecule has 18 heavy (non-hydrogen) atoms. The second kappa shape index (κ2) is 5.95. The van der Waals surface area contributed by atoms with Gasteiger partial charge < -0.3 is 20.2 Å². The standard InChI is InChI=1S/C14H24N2O2/c1-11(2)4-6-16-10-12-9-14(5-3-13(12)15)17-7-8-18-14/h10-11,15-16H,3-9H2,1-2H3/p+1/b12-10-,15-13?. The van der Waals surface area contributed by atoms with Gasteiger partial charge >= 0.3 is 0 Å². The van der Waals surface area contributed by atoms with Crippen molar-refractivity contribution >= 4 is 5.71 Å². The van der Waals surface area contributed by atoms with Gasteiger partial charge in [0.2, 0.25) is 0 Å². The van der Waals surface area contributed by atoms with Crippen molar-refractivity contribution in [2.24, 2.45) is 5.92 Å². The Morgan fingerprint density at radius 1 is 1.39 bits per heavy atom. The summed E-state index contributed by atoms with van der Waals surface area (Å²) in [6.07, 6.45) is 5.65. The largest absolute Gasteiger partial charge is 0.347 e. The molecule has 4 nitrogen and oxygen atoms in total. The van der Waals surface area contributed by atoms with Crippen LogP contribution in [-0.4, -0.2) is 31.3 Å². The lowest BCUT2D eigenvalue weighted by Crippen LogP contribution is -2.78. The SMILES string of the molecule is CC(C)CC[NH2+]/C=C1/CC2(CCC1=N)OCCO2. The number of nitrogens with one attached hydrogen (secondary N) is 1. The summed E-state index contributed by atoms with van der Waals surface area (Å²) in [5, 5.41) is 10.2. The summed E-state index contributed by atoms with van der Waals surface area (Å²) in [7, 11) is 0. The van der Waals surface area contributed by atoms with Crippen molar-refractivity contribution in [3.8, 4) is 0 Å². The van der Waals surface area contributed by atoms with Gasteiger partial charge in [0.1, 0.15) is 0 Å². The lowest BCUT2D eigenvalue weighted by atomic mass is 9.88. The van der Waals surface area contributed by atoms with Crippen LogP contribution in [0.3, 0.4) is 0 Å². The van der Waals surface area contributed by atoms with Crippen LogP contribution in [0.25, 0.3) is 0 Å². The maximum atomic E-state index is 8.01. The molecule has 1 heterocycles. The predicted octanol–water partition coefficient (Wildman–Crippen LogP) is 1.43. The Labute approximate surface area is 109 Å². The normalized spacial score (nSPS) is 25.5. The van der Waals surface area contributed by atoms with E-state index in [0.717, 1.165) is 43.0 Å². The highest BCUT2D eigenvalue weighted by atomic mass is 16.7. The minimum absolute atomic E-state index is 0.414. The lowest BCUT2D eigenvalue weighted by Gasteiger charge is -2.32. The molecule has 1 aliphatic carbocycles. The van der Waals surface area contributed by atoms with Crippen molar-refractivity contribution in [1.29, 1.82) is 5.41 Å². The number of hydrogen-bond acceptors (Lipinski definition) is 3. The van der Waals surface area contributed by atoms with Crippen LogP contribution in [-0.2, 0) is 9.47 Å². The van der Waals surface area contributed by atoms with E-state index in [-0.39, 0.29) is 0 Å². The average Bonchev–Trinajstić information content (AvgIpc) is 2.77. The summed E-state index contributed by atoms with van der Waals surface area (Å²) in [4.78, 5) is 0. The van der Waals surface area contributed by atoms with Crippen LogP contribution in [0.1, 0.15) is 39.5 Å². The smallest absolute Gasteiger partial charge is 0.173 e. The molecule has 2 fully saturated rings. The van der Waals surface area contributed by atoms with Crippen molar-refractivity contribution in [3.05, 3.63) is 11.8 Å². The third kappa shape index (κ3) is 3.40. The number of quaternary nitrogens is 1. The number of nitrogens with two attached hydrogens (primary N) is 1. The number of hydrogen-bond donors (Lipinski definition) is 2. The summed E-state index contributed by atoms with van der Waals surface area (Å²) in [5.41, 5.74) is 1.84. The van der Waals surface area contributed by atoms with E-state index in [1.165, 1.54) is 6.42 Å². The molecule has 0 aromatic carbocycles. The first-order valence-corrected chi connectivity index (χ1v) is 6.99. The Kier molecular flexibility index (Phi) is 4.54. The van der Waals surface area contributed by atoms with Gasteiger partial charge in [-0.25, -0.2) is 0 Å². The fraction of sp³-hybridized carbons (Fsp3) is 0.786. The third-order valence-electron chi connectivity index (χ3n) is 3.65. The Bertz CT molecular complexity index is 331. The third-order valence-corrected chi connectivity index (χ3v) is 3.65. The summed E-state index contributed by atoms with van der Waals surface area (Å²) in [5.74, 6) is 0.320. The molecular formula is C14H25N2O2+. The fourth-order valence-corrected chi connectivity index (χ4v) is 2.52. The van der Waals surface area contributed by atoms with E-state index < -0.39 is 5.79 Å². The van der Waals surface area contributed by atoms with Gasteiger partial charge in [0.25, 0.3) is 0 Å².